The number of nitrogens with zero attached hydrogens (tertiary/aromatic N) is 1. The number of benzene rings is 2. The Labute approximate surface area is 175 Å². The van der Waals surface area contributed by atoms with Crippen LogP contribution in [0.15, 0.2) is 70.5 Å². The van der Waals surface area contributed by atoms with Crippen LogP contribution in [0.4, 0.5) is 0 Å². The smallest absolute Gasteiger partial charge is 0.266 e. The van der Waals surface area contributed by atoms with Crippen LogP contribution in [0.1, 0.15) is 26.2 Å². The van der Waals surface area contributed by atoms with Crippen LogP contribution in [-0.2, 0) is 19.6 Å². The van der Waals surface area contributed by atoms with E-state index in [9.17, 15) is 18.0 Å². The highest BCUT2D eigenvalue weighted by Crippen LogP contribution is 2.54. The molecule has 1 amide bonds. The molecule has 0 N–H and O–H groups in total. The molecule has 1 saturated carbocycles. The number of carbonyl (C=O) groups is 2. The van der Waals surface area contributed by atoms with Gasteiger partial charge in [-0.2, -0.15) is 0 Å². The quantitative estimate of drug-likeness (QED) is 0.740. The Hall–Kier alpha value is -2.12. The summed E-state index contributed by atoms with van der Waals surface area (Å²) in [5, 5.41) is 0. The summed E-state index contributed by atoms with van der Waals surface area (Å²) in [6.45, 7) is 2.01. The highest BCUT2D eigenvalue weighted by Gasteiger charge is 2.59. The minimum absolute atomic E-state index is 0.109. The normalized spacial score (nSPS) is 27.6. The van der Waals surface area contributed by atoms with Crippen molar-refractivity contribution in [1.29, 1.82) is 0 Å². The number of amides is 1. The van der Waals surface area contributed by atoms with Crippen molar-refractivity contribution in [3.8, 4) is 0 Å². The molecule has 1 saturated heterocycles. The van der Waals surface area contributed by atoms with E-state index in [2.05, 4.69) is 0 Å². The van der Waals surface area contributed by atoms with Crippen LogP contribution in [0.3, 0.4) is 0 Å². The highest BCUT2D eigenvalue weighted by atomic mass is 32.2. The molecule has 29 heavy (non-hydrogen) atoms. The van der Waals surface area contributed by atoms with Crippen molar-refractivity contribution in [3.63, 3.8) is 0 Å². The predicted molar refractivity (Wildman–Crippen MR) is 112 cm³/mol. The molecule has 1 heterocycles. The maximum absolute atomic E-state index is 13.8. The number of thioether (sulfide) groups is 1. The summed E-state index contributed by atoms with van der Waals surface area (Å²) < 4.78 is 26.6. The summed E-state index contributed by atoms with van der Waals surface area (Å²) in [6, 6.07) is 17.6. The second kappa shape index (κ2) is 7.61. The Morgan fingerprint density at radius 3 is 2.24 bits per heavy atom. The molecule has 0 bridgehead atoms. The largest absolute Gasteiger partial charge is 0.300 e. The molecule has 0 spiro atoms. The Morgan fingerprint density at radius 1 is 0.966 bits per heavy atom. The van der Waals surface area contributed by atoms with Gasteiger partial charge in [0.15, 0.2) is 0 Å². The summed E-state index contributed by atoms with van der Waals surface area (Å²) >= 11 is 1.42. The summed E-state index contributed by atoms with van der Waals surface area (Å²) in [6.07, 6.45) is 1.12. The molecule has 0 aromatic heterocycles. The van der Waals surface area contributed by atoms with Crippen molar-refractivity contribution < 1.29 is 18.0 Å². The summed E-state index contributed by atoms with van der Waals surface area (Å²) in [4.78, 5) is 27.1. The lowest BCUT2D eigenvalue weighted by Gasteiger charge is -2.51. The third-order valence-electron chi connectivity index (χ3n) is 5.95. The second-order valence-electron chi connectivity index (χ2n) is 7.74. The van der Waals surface area contributed by atoms with Gasteiger partial charge in [-0.05, 0) is 42.5 Å². The number of sulfonamides is 1. The van der Waals surface area contributed by atoms with Crippen LogP contribution in [0.25, 0.3) is 0 Å². The highest BCUT2D eigenvalue weighted by molar-refractivity contribution is 8.01. The number of piperidine rings is 1. The molecule has 7 heteroatoms. The van der Waals surface area contributed by atoms with E-state index in [0.29, 0.717) is 19.3 Å². The maximum Gasteiger partial charge on any atom is 0.266 e. The van der Waals surface area contributed by atoms with Crippen LogP contribution in [0.5, 0.6) is 0 Å². The van der Waals surface area contributed by atoms with Gasteiger partial charge in [0.2, 0.25) is 0 Å². The zero-order chi connectivity index (χ0) is 20.6. The van der Waals surface area contributed by atoms with Gasteiger partial charge in [-0.25, -0.2) is 12.7 Å². The first-order valence-electron chi connectivity index (χ1n) is 9.73. The minimum Gasteiger partial charge on any atom is -0.300 e. The first kappa shape index (κ1) is 20.2. The summed E-state index contributed by atoms with van der Waals surface area (Å²) in [5.74, 6) is -0.663. The zero-order valence-corrected chi connectivity index (χ0v) is 17.8. The topological polar surface area (TPSA) is 71.5 Å². The molecule has 152 valence electrons. The van der Waals surface area contributed by atoms with Crippen molar-refractivity contribution >= 4 is 33.5 Å². The van der Waals surface area contributed by atoms with E-state index < -0.39 is 20.7 Å². The van der Waals surface area contributed by atoms with Crippen molar-refractivity contribution in [2.45, 2.75) is 40.7 Å². The van der Waals surface area contributed by atoms with Gasteiger partial charge in [0.1, 0.15) is 10.5 Å². The molecule has 2 aliphatic rings. The Balaban J connectivity index is 1.78. The Morgan fingerprint density at radius 2 is 1.59 bits per heavy atom. The van der Waals surface area contributed by atoms with Crippen LogP contribution in [0, 0.1) is 11.8 Å². The van der Waals surface area contributed by atoms with Crippen molar-refractivity contribution in [2.24, 2.45) is 11.8 Å². The number of carbonyl (C=O) groups excluding carboxylic acids is 2. The van der Waals surface area contributed by atoms with Crippen molar-refractivity contribution in [3.05, 3.63) is 60.7 Å². The third-order valence-corrected chi connectivity index (χ3v) is 9.50. The summed E-state index contributed by atoms with van der Waals surface area (Å²) in [5.41, 5.74) is 0. The standard InChI is InChI=1S/C22H23NO4S2/c1-16-14-18(24)15-17-12-13-23(29(26,27)20-10-6-3-7-11-20)21(25)22(16,17)28-19-8-4-2-5-9-19/h2-11,16-17H,12-15H2,1H3/t16-,17-,22-/m1/s1. The monoisotopic (exact) mass is 429 g/mol. The number of rotatable bonds is 4. The van der Waals surface area contributed by atoms with Crippen LogP contribution in [-0.4, -0.2) is 35.7 Å². The molecule has 0 unspecified atom stereocenters. The van der Waals surface area contributed by atoms with E-state index >= 15 is 0 Å². The molecule has 2 fully saturated rings. The predicted octanol–water partition coefficient (Wildman–Crippen LogP) is 3.75. The van der Waals surface area contributed by atoms with E-state index in [1.807, 2.05) is 37.3 Å². The number of hydrogen-bond donors (Lipinski definition) is 0. The van der Waals surface area contributed by atoms with Gasteiger partial charge < -0.3 is 0 Å². The number of hydrogen-bond acceptors (Lipinski definition) is 5. The molecule has 1 aliphatic carbocycles. The fourth-order valence-electron chi connectivity index (χ4n) is 4.54. The molecule has 2 aromatic rings. The Kier molecular flexibility index (Phi) is 5.29. The van der Waals surface area contributed by atoms with Crippen LogP contribution in [0.2, 0.25) is 0 Å². The first-order valence-corrected chi connectivity index (χ1v) is 12.0. The lowest BCUT2D eigenvalue weighted by atomic mass is 9.68. The van der Waals surface area contributed by atoms with E-state index in [1.165, 1.54) is 23.9 Å². The molecular formula is C22H23NO4S2. The maximum atomic E-state index is 13.8. The average molecular weight is 430 g/mol. The van der Waals surface area contributed by atoms with Gasteiger partial charge in [-0.1, -0.05) is 43.3 Å². The van der Waals surface area contributed by atoms with Crippen LogP contribution >= 0.6 is 11.8 Å². The van der Waals surface area contributed by atoms with E-state index in [0.717, 1.165) is 9.20 Å². The van der Waals surface area contributed by atoms with Gasteiger partial charge in [0.25, 0.3) is 15.9 Å². The van der Waals surface area contributed by atoms with Gasteiger partial charge in [-0.3, -0.25) is 9.59 Å². The zero-order valence-electron chi connectivity index (χ0n) is 16.2. The summed E-state index contributed by atoms with van der Waals surface area (Å²) in [7, 11) is -3.94. The minimum atomic E-state index is -3.94. The van der Waals surface area contributed by atoms with Gasteiger partial charge in [0, 0.05) is 24.3 Å². The fraction of sp³-hybridized carbons (Fsp3) is 0.364. The van der Waals surface area contributed by atoms with E-state index in [-0.39, 0.29) is 29.1 Å². The van der Waals surface area contributed by atoms with Crippen molar-refractivity contribution in [1.82, 2.24) is 4.31 Å². The van der Waals surface area contributed by atoms with Gasteiger partial charge in [-0.15, -0.1) is 11.8 Å². The molecule has 4 rings (SSSR count). The van der Waals surface area contributed by atoms with Gasteiger partial charge >= 0.3 is 0 Å². The fourth-order valence-corrected chi connectivity index (χ4v) is 7.60. The molecule has 0 radical (unpaired) electrons. The molecule has 2 aromatic carbocycles. The Bertz CT molecular complexity index is 1020. The molecule has 5 nitrogen and oxygen atoms in total. The van der Waals surface area contributed by atoms with Crippen LogP contribution < -0.4 is 0 Å². The van der Waals surface area contributed by atoms with E-state index in [1.54, 1.807) is 18.2 Å². The second-order valence-corrected chi connectivity index (χ2v) is 11.0. The number of ketones is 1. The lowest BCUT2D eigenvalue weighted by molar-refractivity contribution is -0.139. The number of Topliss-reactive ketones (excluding diaryl/α,β-unsaturated/α-hetero) is 1. The first-order chi connectivity index (χ1) is 13.9. The lowest BCUT2D eigenvalue weighted by Crippen LogP contribution is -2.63. The average Bonchev–Trinajstić information content (AvgIpc) is 2.71. The molecule has 3 atom stereocenters. The third kappa shape index (κ3) is 3.40. The SMILES string of the molecule is C[C@@H]1CC(=O)C[C@H]2CCN(S(=O)(=O)c3ccccc3)C(=O)[C@]21Sc1ccccc1. The van der Waals surface area contributed by atoms with Crippen molar-refractivity contribution in [2.75, 3.05) is 6.54 Å². The molecular weight excluding hydrogens is 406 g/mol. The van der Waals surface area contributed by atoms with E-state index in [4.69, 9.17) is 0 Å². The van der Waals surface area contributed by atoms with Gasteiger partial charge in [0.05, 0.1) is 4.90 Å². The molecule has 1 aliphatic heterocycles. The number of fused-ring (bicyclic) bond motifs is 1.